The van der Waals surface area contributed by atoms with E-state index in [1.165, 1.54) is 19.1 Å². The fraction of sp³-hybridized carbons (Fsp3) is 0.500. The van der Waals surface area contributed by atoms with Crippen molar-refractivity contribution < 1.29 is 9.53 Å². The van der Waals surface area contributed by atoms with Crippen LogP contribution in [0.25, 0.3) is 0 Å². The third kappa shape index (κ3) is 2.63. The summed E-state index contributed by atoms with van der Waals surface area (Å²) < 4.78 is 4.71. The molecule has 1 aromatic carbocycles. The largest absolute Gasteiger partial charge is 0.469 e. The fourth-order valence-corrected chi connectivity index (χ4v) is 2.61. The molecule has 1 fully saturated rings. The van der Waals surface area contributed by atoms with Gasteiger partial charge in [0, 0.05) is 6.42 Å². The van der Waals surface area contributed by atoms with Gasteiger partial charge in [-0.15, -0.1) is 0 Å². The first-order valence-electron chi connectivity index (χ1n) is 5.91. The van der Waals surface area contributed by atoms with Crippen LogP contribution in [-0.2, 0) is 9.53 Å². The molecule has 0 unspecified atom stereocenters. The zero-order valence-corrected chi connectivity index (χ0v) is 9.69. The van der Waals surface area contributed by atoms with Crippen LogP contribution < -0.4 is 0 Å². The Kier molecular flexibility index (Phi) is 3.60. The lowest BCUT2D eigenvalue weighted by atomic mass is 9.95. The van der Waals surface area contributed by atoms with Crippen LogP contribution in [-0.4, -0.2) is 13.1 Å². The van der Waals surface area contributed by atoms with Gasteiger partial charge in [0.15, 0.2) is 0 Å². The number of esters is 1. The van der Waals surface area contributed by atoms with E-state index in [1.54, 1.807) is 0 Å². The topological polar surface area (TPSA) is 26.3 Å². The number of carbonyl (C=O) groups is 1. The zero-order valence-electron chi connectivity index (χ0n) is 9.69. The van der Waals surface area contributed by atoms with Crippen LogP contribution in [0.5, 0.6) is 0 Å². The smallest absolute Gasteiger partial charge is 0.305 e. The van der Waals surface area contributed by atoms with Crippen molar-refractivity contribution >= 4 is 5.97 Å². The first kappa shape index (κ1) is 11.2. The molecular formula is C14H18O2. The Bertz CT molecular complexity index is 345. The standard InChI is InChI=1S/C14H18O2/c1-16-14(15)10-11-7-8-13(9-11)12-5-3-2-4-6-12/h2-6,11,13H,7-10H2,1H3/t11-,13+/m0/s1. The highest BCUT2D eigenvalue weighted by Gasteiger charge is 2.27. The zero-order chi connectivity index (χ0) is 11.4. The minimum atomic E-state index is -0.0706. The van der Waals surface area contributed by atoms with Gasteiger partial charge in [0.1, 0.15) is 0 Å². The Morgan fingerprint density at radius 1 is 1.31 bits per heavy atom. The van der Waals surface area contributed by atoms with E-state index in [-0.39, 0.29) is 5.97 Å². The van der Waals surface area contributed by atoms with Gasteiger partial charge in [-0.1, -0.05) is 30.3 Å². The van der Waals surface area contributed by atoms with Gasteiger partial charge in [-0.25, -0.2) is 0 Å². The van der Waals surface area contributed by atoms with Crippen molar-refractivity contribution in [3.63, 3.8) is 0 Å². The minimum Gasteiger partial charge on any atom is -0.469 e. The molecule has 0 radical (unpaired) electrons. The van der Waals surface area contributed by atoms with E-state index in [1.807, 2.05) is 6.07 Å². The number of benzene rings is 1. The van der Waals surface area contributed by atoms with Gasteiger partial charge in [-0.05, 0) is 36.7 Å². The molecule has 1 aliphatic rings. The van der Waals surface area contributed by atoms with Gasteiger partial charge >= 0.3 is 5.97 Å². The van der Waals surface area contributed by atoms with Crippen molar-refractivity contribution in [1.82, 2.24) is 0 Å². The van der Waals surface area contributed by atoms with Gasteiger partial charge in [0.05, 0.1) is 7.11 Å². The average Bonchev–Trinajstić information content (AvgIpc) is 2.78. The van der Waals surface area contributed by atoms with Gasteiger partial charge < -0.3 is 4.74 Å². The summed E-state index contributed by atoms with van der Waals surface area (Å²) >= 11 is 0. The molecule has 2 rings (SSSR count). The van der Waals surface area contributed by atoms with Gasteiger partial charge in [0.25, 0.3) is 0 Å². The van der Waals surface area contributed by atoms with Crippen LogP contribution in [0, 0.1) is 5.92 Å². The third-order valence-corrected chi connectivity index (χ3v) is 3.50. The van der Waals surface area contributed by atoms with E-state index in [4.69, 9.17) is 4.74 Å². The summed E-state index contributed by atoms with van der Waals surface area (Å²) in [7, 11) is 1.46. The second-order valence-electron chi connectivity index (χ2n) is 4.57. The van der Waals surface area contributed by atoms with Gasteiger partial charge in [0.2, 0.25) is 0 Å². The van der Waals surface area contributed by atoms with E-state index < -0.39 is 0 Å². The van der Waals surface area contributed by atoms with E-state index in [2.05, 4.69) is 24.3 Å². The van der Waals surface area contributed by atoms with E-state index in [9.17, 15) is 4.79 Å². The van der Waals surface area contributed by atoms with Crippen molar-refractivity contribution in [3.05, 3.63) is 35.9 Å². The molecular weight excluding hydrogens is 200 g/mol. The van der Waals surface area contributed by atoms with Crippen LogP contribution >= 0.6 is 0 Å². The predicted molar refractivity (Wildman–Crippen MR) is 63.2 cm³/mol. The number of rotatable bonds is 3. The molecule has 1 saturated carbocycles. The summed E-state index contributed by atoms with van der Waals surface area (Å²) in [4.78, 5) is 11.2. The van der Waals surface area contributed by atoms with Crippen LogP contribution in [0.2, 0.25) is 0 Å². The maximum absolute atomic E-state index is 11.2. The number of ether oxygens (including phenoxy) is 1. The van der Waals surface area contributed by atoms with Crippen LogP contribution in [0.1, 0.15) is 37.2 Å². The first-order valence-corrected chi connectivity index (χ1v) is 5.91. The summed E-state index contributed by atoms with van der Waals surface area (Å²) in [6, 6.07) is 10.6. The highest BCUT2D eigenvalue weighted by Crippen LogP contribution is 2.39. The lowest BCUT2D eigenvalue weighted by Gasteiger charge is -2.10. The Morgan fingerprint density at radius 3 is 2.75 bits per heavy atom. The van der Waals surface area contributed by atoms with Crippen molar-refractivity contribution in [2.24, 2.45) is 5.92 Å². The normalized spacial score (nSPS) is 24.3. The highest BCUT2D eigenvalue weighted by molar-refractivity contribution is 5.69. The van der Waals surface area contributed by atoms with Crippen molar-refractivity contribution in [2.75, 3.05) is 7.11 Å². The number of carbonyl (C=O) groups excluding carboxylic acids is 1. The summed E-state index contributed by atoms with van der Waals surface area (Å²) in [6.45, 7) is 0. The van der Waals surface area contributed by atoms with Gasteiger partial charge in [-0.3, -0.25) is 4.79 Å². The predicted octanol–water partition coefficient (Wildman–Crippen LogP) is 3.13. The van der Waals surface area contributed by atoms with Crippen LogP contribution in [0.4, 0.5) is 0 Å². The fourth-order valence-electron chi connectivity index (χ4n) is 2.61. The highest BCUT2D eigenvalue weighted by atomic mass is 16.5. The quantitative estimate of drug-likeness (QED) is 0.728. The van der Waals surface area contributed by atoms with E-state index >= 15 is 0 Å². The summed E-state index contributed by atoms with van der Waals surface area (Å²) in [6.07, 6.45) is 4.05. The van der Waals surface area contributed by atoms with Crippen molar-refractivity contribution in [3.8, 4) is 0 Å². The molecule has 0 amide bonds. The molecule has 16 heavy (non-hydrogen) atoms. The minimum absolute atomic E-state index is 0.0706. The number of hydrogen-bond donors (Lipinski definition) is 0. The van der Waals surface area contributed by atoms with E-state index in [0.717, 1.165) is 12.8 Å². The number of methoxy groups -OCH3 is 1. The average molecular weight is 218 g/mol. The van der Waals surface area contributed by atoms with Crippen LogP contribution in [0.15, 0.2) is 30.3 Å². The molecule has 2 nitrogen and oxygen atoms in total. The third-order valence-electron chi connectivity index (χ3n) is 3.50. The molecule has 0 spiro atoms. The molecule has 86 valence electrons. The molecule has 0 N–H and O–H groups in total. The lowest BCUT2D eigenvalue weighted by Crippen LogP contribution is -2.07. The lowest BCUT2D eigenvalue weighted by molar-refractivity contribution is -0.141. The maximum Gasteiger partial charge on any atom is 0.305 e. The Labute approximate surface area is 96.6 Å². The second kappa shape index (κ2) is 5.15. The molecule has 0 saturated heterocycles. The van der Waals surface area contributed by atoms with Gasteiger partial charge in [-0.2, -0.15) is 0 Å². The maximum atomic E-state index is 11.2. The molecule has 2 atom stereocenters. The summed E-state index contributed by atoms with van der Waals surface area (Å²) in [5.41, 5.74) is 1.41. The SMILES string of the molecule is COC(=O)C[C@H]1CC[C@@H](c2ccccc2)C1. The molecule has 2 heteroatoms. The number of hydrogen-bond acceptors (Lipinski definition) is 2. The Morgan fingerprint density at radius 2 is 2.06 bits per heavy atom. The van der Waals surface area contributed by atoms with E-state index in [0.29, 0.717) is 18.3 Å². The van der Waals surface area contributed by atoms with Crippen LogP contribution in [0.3, 0.4) is 0 Å². The molecule has 1 aromatic rings. The first-order chi connectivity index (χ1) is 7.79. The molecule has 0 aliphatic heterocycles. The monoisotopic (exact) mass is 218 g/mol. The molecule has 0 aromatic heterocycles. The summed E-state index contributed by atoms with van der Waals surface area (Å²) in [5.74, 6) is 1.08. The Hall–Kier alpha value is -1.31. The van der Waals surface area contributed by atoms with Crippen molar-refractivity contribution in [2.45, 2.75) is 31.6 Å². The Balaban J connectivity index is 1.91. The molecule has 0 bridgehead atoms. The van der Waals surface area contributed by atoms with Crippen molar-refractivity contribution in [1.29, 1.82) is 0 Å². The molecule has 0 heterocycles. The summed E-state index contributed by atoms with van der Waals surface area (Å²) in [5, 5.41) is 0. The molecule has 1 aliphatic carbocycles. The second-order valence-corrected chi connectivity index (χ2v) is 4.57.